The first-order valence-electron chi connectivity index (χ1n) is 7.87. The molecule has 1 unspecified atom stereocenters. The van der Waals surface area contributed by atoms with E-state index < -0.39 is 0 Å². The van der Waals surface area contributed by atoms with E-state index in [1.807, 2.05) is 23.5 Å². The van der Waals surface area contributed by atoms with Gasteiger partial charge in [0, 0.05) is 22.0 Å². The molecule has 2 aliphatic rings. The molecule has 1 saturated carbocycles. The minimum atomic E-state index is 0.594. The minimum absolute atomic E-state index is 0.594. The Balaban J connectivity index is 1.36. The predicted octanol–water partition coefficient (Wildman–Crippen LogP) is 5.31. The molecule has 1 fully saturated rings. The van der Waals surface area contributed by atoms with Crippen LogP contribution < -0.4 is 5.32 Å². The summed E-state index contributed by atoms with van der Waals surface area (Å²) in [6, 6.07) is 12.0. The Kier molecular flexibility index (Phi) is 3.78. The van der Waals surface area contributed by atoms with Crippen molar-refractivity contribution in [1.82, 2.24) is 5.32 Å². The zero-order valence-electron chi connectivity index (χ0n) is 12.0. The normalized spacial score (nSPS) is 28.0. The first-order valence-corrected chi connectivity index (χ1v) is 9.13. The van der Waals surface area contributed by atoms with Crippen molar-refractivity contribution < 1.29 is 0 Å². The molecule has 0 amide bonds. The Morgan fingerprint density at radius 1 is 1.10 bits per heavy atom. The van der Waals surface area contributed by atoms with Gasteiger partial charge in [-0.2, -0.15) is 0 Å². The molecular weight excluding hydrogens is 298 g/mol. The van der Waals surface area contributed by atoms with Gasteiger partial charge in [-0.3, -0.25) is 0 Å². The lowest BCUT2D eigenvalue weighted by Crippen LogP contribution is -2.42. The molecule has 1 nitrogen and oxygen atoms in total. The maximum Gasteiger partial charge on any atom is 0.0406 e. The minimum Gasteiger partial charge on any atom is -0.307 e. The predicted molar refractivity (Wildman–Crippen MR) is 90.3 cm³/mol. The van der Waals surface area contributed by atoms with Crippen LogP contribution in [0.5, 0.6) is 0 Å². The maximum atomic E-state index is 5.96. The van der Waals surface area contributed by atoms with E-state index in [1.165, 1.54) is 37.7 Å². The second kappa shape index (κ2) is 5.75. The number of halogens is 1. The third-order valence-electron chi connectivity index (χ3n) is 4.97. The molecular formula is C18H20ClNS. The molecule has 110 valence electrons. The van der Waals surface area contributed by atoms with Gasteiger partial charge in [0.2, 0.25) is 0 Å². The Morgan fingerprint density at radius 2 is 1.90 bits per heavy atom. The van der Waals surface area contributed by atoms with E-state index in [-0.39, 0.29) is 0 Å². The number of rotatable bonds is 3. The van der Waals surface area contributed by atoms with Gasteiger partial charge in [0.25, 0.3) is 0 Å². The summed E-state index contributed by atoms with van der Waals surface area (Å²) in [6.07, 6.45) is 6.43. The molecule has 2 aromatic rings. The lowest BCUT2D eigenvalue weighted by molar-refractivity contribution is 0.255. The van der Waals surface area contributed by atoms with Gasteiger partial charge in [-0.15, -0.1) is 11.3 Å². The van der Waals surface area contributed by atoms with Gasteiger partial charge < -0.3 is 5.32 Å². The smallest absolute Gasteiger partial charge is 0.0406 e. The zero-order chi connectivity index (χ0) is 14.2. The largest absolute Gasteiger partial charge is 0.307 e. The maximum absolute atomic E-state index is 5.96. The number of thiophene rings is 1. The standard InChI is InChI=1S/C18H20ClNS/c19-14-6-4-12(5-7-14)13-10-15(11-13)20-17-2-1-3-18-16(17)8-9-21-18/h4-9,13,15,17,20H,1-3,10-11H2. The number of nitrogens with one attached hydrogen (secondary N) is 1. The first kappa shape index (κ1) is 13.8. The highest BCUT2D eigenvalue weighted by Crippen LogP contribution is 2.40. The van der Waals surface area contributed by atoms with Crippen LogP contribution in [0.15, 0.2) is 35.7 Å². The molecule has 21 heavy (non-hydrogen) atoms. The van der Waals surface area contributed by atoms with Crippen molar-refractivity contribution in [1.29, 1.82) is 0 Å². The molecule has 0 radical (unpaired) electrons. The van der Waals surface area contributed by atoms with E-state index in [4.69, 9.17) is 11.6 Å². The van der Waals surface area contributed by atoms with E-state index in [0.29, 0.717) is 18.0 Å². The first-order chi connectivity index (χ1) is 10.3. The molecule has 0 aliphatic heterocycles. The van der Waals surface area contributed by atoms with E-state index in [0.717, 1.165) is 5.02 Å². The number of benzene rings is 1. The second-order valence-electron chi connectivity index (χ2n) is 6.33. The molecule has 3 heteroatoms. The molecule has 2 aliphatic carbocycles. The lowest BCUT2D eigenvalue weighted by atomic mass is 9.75. The van der Waals surface area contributed by atoms with Crippen LogP contribution in [-0.2, 0) is 6.42 Å². The molecule has 1 aromatic heterocycles. The summed E-state index contributed by atoms with van der Waals surface area (Å²) in [5.74, 6) is 0.713. The number of hydrogen-bond donors (Lipinski definition) is 1. The lowest BCUT2D eigenvalue weighted by Gasteiger charge is -2.39. The topological polar surface area (TPSA) is 12.0 Å². The zero-order valence-corrected chi connectivity index (χ0v) is 13.6. The third-order valence-corrected chi connectivity index (χ3v) is 6.22. The Morgan fingerprint density at radius 3 is 2.71 bits per heavy atom. The van der Waals surface area contributed by atoms with Crippen molar-refractivity contribution in [2.75, 3.05) is 0 Å². The summed E-state index contributed by atoms with van der Waals surface area (Å²) in [5.41, 5.74) is 3.01. The van der Waals surface area contributed by atoms with Gasteiger partial charge in [0.05, 0.1) is 0 Å². The molecule has 0 saturated heterocycles. The molecule has 1 N–H and O–H groups in total. The summed E-state index contributed by atoms with van der Waals surface area (Å²) in [7, 11) is 0. The van der Waals surface area contributed by atoms with E-state index in [9.17, 15) is 0 Å². The third kappa shape index (κ3) is 2.77. The van der Waals surface area contributed by atoms with Gasteiger partial charge >= 0.3 is 0 Å². The van der Waals surface area contributed by atoms with Crippen LogP contribution >= 0.6 is 22.9 Å². The van der Waals surface area contributed by atoms with Crippen molar-refractivity contribution >= 4 is 22.9 Å². The Hall–Kier alpha value is -0.830. The van der Waals surface area contributed by atoms with Crippen LogP contribution in [0.3, 0.4) is 0 Å². The van der Waals surface area contributed by atoms with Gasteiger partial charge in [-0.1, -0.05) is 23.7 Å². The van der Waals surface area contributed by atoms with E-state index in [1.54, 1.807) is 10.4 Å². The van der Waals surface area contributed by atoms with Crippen molar-refractivity contribution in [2.24, 2.45) is 0 Å². The summed E-state index contributed by atoms with van der Waals surface area (Å²) in [6.45, 7) is 0. The highest BCUT2D eigenvalue weighted by molar-refractivity contribution is 7.10. The van der Waals surface area contributed by atoms with E-state index in [2.05, 4.69) is 28.9 Å². The monoisotopic (exact) mass is 317 g/mol. The van der Waals surface area contributed by atoms with Crippen LogP contribution in [0.4, 0.5) is 0 Å². The van der Waals surface area contributed by atoms with Gasteiger partial charge in [-0.25, -0.2) is 0 Å². The van der Waals surface area contributed by atoms with Crippen molar-refractivity contribution in [2.45, 2.75) is 50.1 Å². The van der Waals surface area contributed by atoms with Crippen LogP contribution in [0.25, 0.3) is 0 Å². The van der Waals surface area contributed by atoms with Gasteiger partial charge in [-0.05, 0) is 72.7 Å². The summed E-state index contributed by atoms with van der Waals surface area (Å²) < 4.78 is 0. The Bertz CT molecular complexity index is 612. The average molecular weight is 318 g/mol. The molecule has 0 spiro atoms. The summed E-state index contributed by atoms with van der Waals surface area (Å²) in [5, 5.41) is 6.97. The number of aryl methyl sites for hydroxylation is 1. The fourth-order valence-electron chi connectivity index (χ4n) is 3.71. The van der Waals surface area contributed by atoms with Crippen molar-refractivity contribution in [3.63, 3.8) is 0 Å². The molecule has 1 atom stereocenters. The highest BCUT2D eigenvalue weighted by atomic mass is 35.5. The van der Waals surface area contributed by atoms with Crippen LogP contribution in [0, 0.1) is 0 Å². The van der Waals surface area contributed by atoms with Crippen LogP contribution in [0.2, 0.25) is 5.02 Å². The molecule has 0 bridgehead atoms. The number of fused-ring (bicyclic) bond motifs is 1. The summed E-state index contributed by atoms with van der Waals surface area (Å²) in [4.78, 5) is 1.60. The van der Waals surface area contributed by atoms with Gasteiger partial charge in [0.1, 0.15) is 0 Å². The molecule has 1 heterocycles. The average Bonchev–Trinajstić information content (AvgIpc) is 2.93. The van der Waals surface area contributed by atoms with Crippen molar-refractivity contribution in [3.8, 4) is 0 Å². The van der Waals surface area contributed by atoms with Crippen LogP contribution in [-0.4, -0.2) is 6.04 Å². The number of hydrogen-bond acceptors (Lipinski definition) is 2. The van der Waals surface area contributed by atoms with Crippen LogP contribution in [0.1, 0.15) is 53.6 Å². The molecule has 1 aromatic carbocycles. The fourth-order valence-corrected chi connectivity index (χ4v) is 4.82. The highest BCUT2D eigenvalue weighted by Gasteiger charge is 2.33. The van der Waals surface area contributed by atoms with Gasteiger partial charge in [0.15, 0.2) is 0 Å². The quantitative estimate of drug-likeness (QED) is 0.808. The van der Waals surface area contributed by atoms with E-state index >= 15 is 0 Å². The Labute approximate surface area is 135 Å². The fraction of sp³-hybridized carbons (Fsp3) is 0.444. The second-order valence-corrected chi connectivity index (χ2v) is 7.76. The molecule has 4 rings (SSSR count). The van der Waals surface area contributed by atoms with Crippen molar-refractivity contribution in [3.05, 3.63) is 56.7 Å². The summed E-state index contributed by atoms with van der Waals surface area (Å²) >= 11 is 7.89. The SMILES string of the molecule is Clc1ccc(C2CC(NC3CCCc4sccc43)C2)cc1.